The average molecular weight is 269 g/mol. The Hall–Kier alpha value is -1.26. The fourth-order valence-corrected chi connectivity index (χ4v) is 2.37. The van der Waals surface area contributed by atoms with E-state index in [-0.39, 0.29) is 6.61 Å². The Morgan fingerprint density at radius 1 is 1.39 bits per heavy atom. The number of ether oxygens (including phenoxy) is 1. The van der Waals surface area contributed by atoms with Crippen LogP contribution in [0.2, 0.25) is 5.02 Å². The van der Waals surface area contributed by atoms with Gasteiger partial charge in [-0.05, 0) is 43.6 Å². The molecule has 2 N–H and O–H groups in total. The van der Waals surface area contributed by atoms with Crippen LogP contribution in [-0.2, 0) is 11.3 Å². The van der Waals surface area contributed by atoms with Gasteiger partial charge in [0.1, 0.15) is 5.75 Å². The van der Waals surface area contributed by atoms with Gasteiger partial charge < -0.3 is 10.5 Å². The Morgan fingerprint density at radius 3 is 2.72 bits per heavy atom. The fourth-order valence-electron chi connectivity index (χ4n) is 2.11. The van der Waals surface area contributed by atoms with Gasteiger partial charge in [0.25, 0.3) is 5.91 Å². The molecule has 0 spiro atoms. The molecule has 0 aromatic heterocycles. The zero-order chi connectivity index (χ0) is 13.0. The molecule has 4 nitrogen and oxygen atoms in total. The van der Waals surface area contributed by atoms with Crippen molar-refractivity contribution in [3.8, 4) is 5.75 Å². The second-order valence-corrected chi connectivity index (χ2v) is 4.91. The molecule has 98 valence electrons. The van der Waals surface area contributed by atoms with Crippen molar-refractivity contribution in [1.29, 1.82) is 0 Å². The number of hydrogen-bond acceptors (Lipinski definition) is 3. The maximum Gasteiger partial charge on any atom is 0.255 e. The second kappa shape index (κ2) is 6.07. The summed E-state index contributed by atoms with van der Waals surface area (Å²) >= 11 is 6.10. The van der Waals surface area contributed by atoms with Crippen LogP contribution in [-0.4, -0.2) is 30.5 Å². The number of nitrogens with two attached hydrogens (primary N) is 1. The molecule has 1 aromatic carbocycles. The molecule has 1 aromatic rings. The van der Waals surface area contributed by atoms with Crippen molar-refractivity contribution in [1.82, 2.24) is 4.90 Å². The van der Waals surface area contributed by atoms with E-state index in [4.69, 9.17) is 22.1 Å². The molecule has 0 aliphatic carbocycles. The van der Waals surface area contributed by atoms with Crippen molar-refractivity contribution >= 4 is 17.5 Å². The largest absolute Gasteiger partial charge is 0.482 e. The van der Waals surface area contributed by atoms with Gasteiger partial charge in [-0.25, -0.2) is 0 Å². The maximum absolute atomic E-state index is 10.6. The minimum Gasteiger partial charge on any atom is -0.482 e. The van der Waals surface area contributed by atoms with Gasteiger partial charge in [0.15, 0.2) is 6.61 Å². The van der Waals surface area contributed by atoms with Crippen molar-refractivity contribution in [3.63, 3.8) is 0 Å². The molecule has 0 atom stereocenters. The highest BCUT2D eigenvalue weighted by atomic mass is 35.5. The monoisotopic (exact) mass is 268 g/mol. The van der Waals surface area contributed by atoms with E-state index in [9.17, 15) is 4.79 Å². The lowest BCUT2D eigenvalue weighted by atomic mass is 10.2. The number of primary amides is 1. The van der Waals surface area contributed by atoms with Crippen molar-refractivity contribution in [2.24, 2.45) is 5.73 Å². The van der Waals surface area contributed by atoms with E-state index in [2.05, 4.69) is 4.90 Å². The predicted octanol–water partition coefficient (Wildman–Crippen LogP) is 1.80. The zero-order valence-corrected chi connectivity index (χ0v) is 10.9. The van der Waals surface area contributed by atoms with Gasteiger partial charge in [-0.2, -0.15) is 0 Å². The number of carbonyl (C=O) groups is 1. The third-order valence-corrected chi connectivity index (χ3v) is 3.27. The summed E-state index contributed by atoms with van der Waals surface area (Å²) in [7, 11) is 0. The van der Waals surface area contributed by atoms with Crippen LogP contribution < -0.4 is 10.5 Å². The van der Waals surface area contributed by atoms with Gasteiger partial charge in [0.2, 0.25) is 0 Å². The standard InChI is InChI=1S/C13H17ClN2O2/c14-11-7-10(8-16-5-1-2-6-16)3-4-12(11)18-9-13(15)17/h3-4,7H,1-2,5-6,8-9H2,(H2,15,17). The summed E-state index contributed by atoms with van der Waals surface area (Å²) in [6, 6.07) is 5.65. The number of halogens is 1. The Bertz CT molecular complexity index is 431. The number of amides is 1. The second-order valence-electron chi connectivity index (χ2n) is 4.50. The van der Waals surface area contributed by atoms with Crippen molar-refractivity contribution in [3.05, 3.63) is 28.8 Å². The van der Waals surface area contributed by atoms with Crippen LogP contribution in [0.3, 0.4) is 0 Å². The number of nitrogens with zero attached hydrogens (tertiary/aromatic N) is 1. The quantitative estimate of drug-likeness (QED) is 0.886. The Labute approximate surface area is 112 Å². The number of carbonyl (C=O) groups excluding carboxylic acids is 1. The average Bonchev–Trinajstić information content (AvgIpc) is 2.80. The van der Waals surface area contributed by atoms with Crippen LogP contribution in [0.4, 0.5) is 0 Å². The predicted molar refractivity (Wildman–Crippen MR) is 70.7 cm³/mol. The molecule has 0 radical (unpaired) electrons. The van der Waals surface area contributed by atoms with Crippen molar-refractivity contribution in [2.75, 3.05) is 19.7 Å². The van der Waals surface area contributed by atoms with Gasteiger partial charge >= 0.3 is 0 Å². The molecule has 5 heteroatoms. The third kappa shape index (κ3) is 3.62. The van der Waals surface area contributed by atoms with Gasteiger partial charge in [-0.1, -0.05) is 17.7 Å². The van der Waals surface area contributed by atoms with Crippen LogP contribution in [0.1, 0.15) is 18.4 Å². The zero-order valence-electron chi connectivity index (χ0n) is 10.2. The summed E-state index contributed by atoms with van der Waals surface area (Å²) in [5.41, 5.74) is 6.18. The SMILES string of the molecule is NC(=O)COc1ccc(CN2CCCC2)cc1Cl. The van der Waals surface area contributed by atoms with Crippen LogP contribution >= 0.6 is 11.6 Å². The molecule has 1 saturated heterocycles. The van der Waals surface area contributed by atoms with Crippen LogP contribution in [0.5, 0.6) is 5.75 Å². The molecule has 0 unspecified atom stereocenters. The van der Waals surface area contributed by atoms with E-state index in [0.29, 0.717) is 10.8 Å². The molecule has 2 rings (SSSR count). The smallest absolute Gasteiger partial charge is 0.255 e. The van der Waals surface area contributed by atoms with E-state index in [1.807, 2.05) is 12.1 Å². The van der Waals surface area contributed by atoms with E-state index in [1.165, 1.54) is 12.8 Å². The lowest BCUT2D eigenvalue weighted by Gasteiger charge is -2.15. The fraction of sp³-hybridized carbons (Fsp3) is 0.462. The molecule has 1 fully saturated rings. The summed E-state index contributed by atoms with van der Waals surface area (Å²) in [6.45, 7) is 3.07. The molecular weight excluding hydrogens is 252 g/mol. The van der Waals surface area contributed by atoms with Gasteiger partial charge in [-0.3, -0.25) is 9.69 Å². The molecule has 1 amide bonds. The minimum absolute atomic E-state index is 0.148. The highest BCUT2D eigenvalue weighted by Crippen LogP contribution is 2.26. The van der Waals surface area contributed by atoms with E-state index >= 15 is 0 Å². The molecule has 0 saturated carbocycles. The Balaban J connectivity index is 1.97. The normalized spacial score (nSPS) is 15.8. The lowest BCUT2D eigenvalue weighted by Crippen LogP contribution is -2.20. The van der Waals surface area contributed by atoms with Crippen LogP contribution in [0.25, 0.3) is 0 Å². The first kappa shape index (κ1) is 13.2. The van der Waals surface area contributed by atoms with E-state index in [0.717, 1.165) is 25.2 Å². The van der Waals surface area contributed by atoms with Gasteiger partial charge in [-0.15, -0.1) is 0 Å². The molecule has 18 heavy (non-hydrogen) atoms. The summed E-state index contributed by atoms with van der Waals surface area (Å²) < 4.78 is 5.20. The maximum atomic E-state index is 10.6. The summed E-state index contributed by atoms with van der Waals surface area (Å²) in [6.07, 6.45) is 2.54. The summed E-state index contributed by atoms with van der Waals surface area (Å²) in [4.78, 5) is 13.0. The highest BCUT2D eigenvalue weighted by molar-refractivity contribution is 6.32. The first-order valence-electron chi connectivity index (χ1n) is 6.07. The number of rotatable bonds is 5. The Kier molecular flexibility index (Phi) is 4.44. The summed E-state index contributed by atoms with van der Waals surface area (Å²) in [5.74, 6) is -0.00662. The van der Waals surface area contributed by atoms with Gasteiger partial charge in [0.05, 0.1) is 5.02 Å². The van der Waals surface area contributed by atoms with E-state index in [1.54, 1.807) is 6.07 Å². The topological polar surface area (TPSA) is 55.6 Å². The molecular formula is C13H17ClN2O2. The molecule has 1 heterocycles. The van der Waals surface area contributed by atoms with Crippen molar-refractivity contribution in [2.45, 2.75) is 19.4 Å². The third-order valence-electron chi connectivity index (χ3n) is 2.97. The number of benzene rings is 1. The van der Waals surface area contributed by atoms with Crippen LogP contribution in [0, 0.1) is 0 Å². The Morgan fingerprint density at radius 2 is 2.11 bits per heavy atom. The highest BCUT2D eigenvalue weighted by Gasteiger charge is 2.12. The first-order chi connectivity index (χ1) is 8.65. The van der Waals surface area contributed by atoms with Crippen molar-refractivity contribution < 1.29 is 9.53 Å². The van der Waals surface area contributed by atoms with Crippen LogP contribution in [0.15, 0.2) is 18.2 Å². The molecule has 1 aliphatic heterocycles. The van der Waals surface area contributed by atoms with Gasteiger partial charge in [0, 0.05) is 6.54 Å². The lowest BCUT2D eigenvalue weighted by molar-refractivity contribution is -0.119. The van der Waals surface area contributed by atoms with E-state index < -0.39 is 5.91 Å². The minimum atomic E-state index is -0.507. The molecule has 0 bridgehead atoms. The number of hydrogen-bond donors (Lipinski definition) is 1. The molecule has 1 aliphatic rings. The number of likely N-dealkylation sites (tertiary alicyclic amines) is 1. The summed E-state index contributed by atoms with van der Waals surface area (Å²) in [5, 5.41) is 0.521. The first-order valence-corrected chi connectivity index (χ1v) is 6.45.